The van der Waals surface area contributed by atoms with Crippen molar-refractivity contribution >= 4 is 5.71 Å². The Labute approximate surface area is 154 Å². The van der Waals surface area contributed by atoms with E-state index in [-0.39, 0.29) is 5.69 Å². The molecule has 27 heavy (non-hydrogen) atoms. The standard InChI is InChI=1S/C20H18F3N3O/c1-13-7-9-14(10-8-13)18-11-17(20(21,22)23)16(12-24)19(27)26(18)25-15-5-3-2-4-6-15/h7-11H,2-6H2,1H3. The molecule has 0 N–H and O–H groups in total. The first-order chi connectivity index (χ1) is 12.8. The van der Waals surface area contributed by atoms with Gasteiger partial charge in [-0.3, -0.25) is 4.79 Å². The summed E-state index contributed by atoms with van der Waals surface area (Å²) in [7, 11) is 0. The zero-order valence-electron chi connectivity index (χ0n) is 14.8. The Morgan fingerprint density at radius 1 is 1.11 bits per heavy atom. The van der Waals surface area contributed by atoms with Crippen LogP contribution in [0.4, 0.5) is 13.2 Å². The predicted molar refractivity (Wildman–Crippen MR) is 96.5 cm³/mol. The first kappa shape index (κ1) is 18.9. The Bertz CT molecular complexity index is 972. The molecule has 0 atom stereocenters. The van der Waals surface area contributed by atoms with Crippen LogP contribution in [-0.4, -0.2) is 10.4 Å². The Morgan fingerprint density at radius 2 is 1.74 bits per heavy atom. The molecule has 1 aliphatic rings. The van der Waals surface area contributed by atoms with Crippen LogP contribution in [0.5, 0.6) is 0 Å². The van der Waals surface area contributed by atoms with Crippen molar-refractivity contribution in [1.82, 2.24) is 4.68 Å². The van der Waals surface area contributed by atoms with Gasteiger partial charge >= 0.3 is 6.18 Å². The molecule has 1 saturated carbocycles. The van der Waals surface area contributed by atoms with E-state index < -0.39 is 22.9 Å². The SMILES string of the molecule is Cc1ccc(-c2cc(C(F)(F)F)c(C#N)c(=O)n2N=C2CCCCC2)cc1. The zero-order valence-corrected chi connectivity index (χ0v) is 14.8. The van der Waals surface area contributed by atoms with Gasteiger partial charge in [0.2, 0.25) is 0 Å². The zero-order chi connectivity index (χ0) is 19.6. The third-order valence-corrected chi connectivity index (χ3v) is 4.62. The number of benzene rings is 1. The molecule has 140 valence electrons. The van der Waals surface area contributed by atoms with Crippen LogP contribution >= 0.6 is 0 Å². The molecule has 1 aliphatic carbocycles. The minimum Gasteiger partial charge on any atom is -0.266 e. The van der Waals surface area contributed by atoms with E-state index in [1.165, 1.54) is 6.07 Å². The highest BCUT2D eigenvalue weighted by Gasteiger charge is 2.36. The van der Waals surface area contributed by atoms with E-state index in [0.29, 0.717) is 18.4 Å². The van der Waals surface area contributed by atoms with Gasteiger partial charge in [0.1, 0.15) is 11.6 Å². The minimum atomic E-state index is -4.80. The van der Waals surface area contributed by atoms with Crippen LogP contribution in [0.25, 0.3) is 11.3 Å². The summed E-state index contributed by atoms with van der Waals surface area (Å²) < 4.78 is 41.2. The maximum atomic E-state index is 13.4. The van der Waals surface area contributed by atoms with E-state index in [1.54, 1.807) is 24.3 Å². The van der Waals surface area contributed by atoms with Crippen molar-refractivity contribution in [2.75, 3.05) is 0 Å². The summed E-state index contributed by atoms with van der Waals surface area (Å²) in [5, 5.41) is 13.5. The van der Waals surface area contributed by atoms with Gasteiger partial charge in [-0.15, -0.1) is 0 Å². The summed E-state index contributed by atoms with van der Waals surface area (Å²) in [6, 6.07) is 9.06. The molecular weight excluding hydrogens is 355 g/mol. The third-order valence-electron chi connectivity index (χ3n) is 4.62. The fraction of sp³-hybridized carbons (Fsp3) is 0.350. The van der Waals surface area contributed by atoms with Crippen molar-refractivity contribution in [3.8, 4) is 17.3 Å². The maximum absolute atomic E-state index is 13.4. The number of rotatable bonds is 2. The second-order valence-electron chi connectivity index (χ2n) is 6.64. The van der Waals surface area contributed by atoms with Gasteiger partial charge in [-0.1, -0.05) is 36.2 Å². The molecule has 7 heteroatoms. The molecule has 0 amide bonds. The van der Waals surface area contributed by atoms with E-state index in [9.17, 15) is 23.2 Å². The van der Waals surface area contributed by atoms with Gasteiger partial charge in [0.15, 0.2) is 0 Å². The lowest BCUT2D eigenvalue weighted by Gasteiger charge is -2.17. The minimum absolute atomic E-state index is 0.0319. The normalized spacial score (nSPS) is 14.7. The number of halogens is 3. The number of hydrogen-bond acceptors (Lipinski definition) is 3. The number of pyridine rings is 1. The summed E-state index contributed by atoms with van der Waals surface area (Å²) in [5.74, 6) is 0. The smallest absolute Gasteiger partial charge is 0.266 e. The Kier molecular flexibility index (Phi) is 5.17. The van der Waals surface area contributed by atoms with Gasteiger partial charge in [-0.25, -0.2) is 0 Å². The molecule has 1 heterocycles. The second-order valence-corrected chi connectivity index (χ2v) is 6.64. The van der Waals surface area contributed by atoms with E-state index in [1.807, 2.05) is 6.92 Å². The number of aromatic nitrogens is 1. The fourth-order valence-corrected chi connectivity index (χ4v) is 3.16. The van der Waals surface area contributed by atoms with Crippen LogP contribution in [0, 0.1) is 18.3 Å². The molecule has 1 aromatic heterocycles. The monoisotopic (exact) mass is 373 g/mol. The first-order valence-electron chi connectivity index (χ1n) is 8.72. The van der Waals surface area contributed by atoms with Crippen molar-refractivity contribution in [1.29, 1.82) is 5.26 Å². The van der Waals surface area contributed by atoms with Crippen LogP contribution in [0.15, 0.2) is 40.2 Å². The Balaban J connectivity index is 2.31. The van der Waals surface area contributed by atoms with Crippen molar-refractivity contribution in [2.45, 2.75) is 45.2 Å². The van der Waals surface area contributed by atoms with Crippen LogP contribution in [0.2, 0.25) is 0 Å². The van der Waals surface area contributed by atoms with Gasteiger partial charge in [0.05, 0.1) is 11.3 Å². The largest absolute Gasteiger partial charge is 0.417 e. The van der Waals surface area contributed by atoms with Gasteiger partial charge < -0.3 is 0 Å². The predicted octanol–water partition coefficient (Wildman–Crippen LogP) is 4.88. The van der Waals surface area contributed by atoms with E-state index >= 15 is 0 Å². The molecule has 3 rings (SSSR count). The van der Waals surface area contributed by atoms with Gasteiger partial charge in [-0.2, -0.15) is 28.2 Å². The number of aryl methyl sites for hydroxylation is 1. The van der Waals surface area contributed by atoms with Crippen LogP contribution < -0.4 is 5.56 Å². The average molecular weight is 373 g/mol. The van der Waals surface area contributed by atoms with E-state index in [4.69, 9.17) is 0 Å². The molecule has 0 aliphatic heterocycles. The fourth-order valence-electron chi connectivity index (χ4n) is 3.16. The molecule has 4 nitrogen and oxygen atoms in total. The molecule has 0 unspecified atom stereocenters. The summed E-state index contributed by atoms with van der Waals surface area (Å²) in [6.07, 6.45) is -0.486. The summed E-state index contributed by atoms with van der Waals surface area (Å²) in [4.78, 5) is 12.7. The highest BCUT2D eigenvalue weighted by atomic mass is 19.4. The molecular formula is C20H18F3N3O. The molecule has 0 radical (unpaired) electrons. The first-order valence-corrected chi connectivity index (χ1v) is 8.72. The molecule has 0 bridgehead atoms. The number of nitrogens with zero attached hydrogens (tertiary/aromatic N) is 3. The van der Waals surface area contributed by atoms with E-state index in [2.05, 4.69) is 5.10 Å². The van der Waals surface area contributed by atoms with E-state index in [0.717, 1.165) is 41.3 Å². The van der Waals surface area contributed by atoms with Gasteiger partial charge in [0, 0.05) is 11.3 Å². The van der Waals surface area contributed by atoms with Gasteiger partial charge in [0.25, 0.3) is 5.56 Å². The number of alkyl halides is 3. The molecule has 1 fully saturated rings. The molecule has 0 spiro atoms. The topological polar surface area (TPSA) is 58.1 Å². The quantitative estimate of drug-likeness (QED) is 0.753. The second kappa shape index (κ2) is 7.39. The lowest BCUT2D eigenvalue weighted by Crippen LogP contribution is -2.27. The lowest BCUT2D eigenvalue weighted by atomic mass is 9.99. The molecule has 0 saturated heterocycles. The van der Waals surface area contributed by atoms with Crippen LogP contribution in [-0.2, 0) is 6.18 Å². The van der Waals surface area contributed by atoms with Crippen LogP contribution in [0.1, 0.15) is 48.8 Å². The van der Waals surface area contributed by atoms with Crippen molar-refractivity contribution in [3.63, 3.8) is 0 Å². The summed E-state index contributed by atoms with van der Waals surface area (Å²) in [5.41, 5.74) is -1.03. The highest BCUT2D eigenvalue weighted by molar-refractivity contribution is 5.85. The Morgan fingerprint density at radius 3 is 2.30 bits per heavy atom. The van der Waals surface area contributed by atoms with Crippen molar-refractivity contribution in [2.24, 2.45) is 5.10 Å². The molecule has 2 aromatic rings. The highest BCUT2D eigenvalue weighted by Crippen LogP contribution is 2.33. The average Bonchev–Trinajstić information content (AvgIpc) is 2.64. The summed E-state index contributed by atoms with van der Waals surface area (Å²) in [6.45, 7) is 1.86. The maximum Gasteiger partial charge on any atom is 0.417 e. The van der Waals surface area contributed by atoms with Crippen molar-refractivity contribution in [3.05, 3.63) is 57.4 Å². The van der Waals surface area contributed by atoms with Crippen LogP contribution in [0.3, 0.4) is 0 Å². The van der Waals surface area contributed by atoms with Crippen molar-refractivity contribution < 1.29 is 13.2 Å². The lowest BCUT2D eigenvalue weighted by molar-refractivity contribution is -0.137. The van der Waals surface area contributed by atoms with Gasteiger partial charge in [-0.05, 0) is 38.7 Å². The number of nitriles is 1. The Hall–Kier alpha value is -2.88. The number of hydrogen-bond donors (Lipinski definition) is 0. The molecule has 1 aromatic carbocycles. The summed E-state index contributed by atoms with van der Waals surface area (Å²) >= 11 is 0. The third kappa shape index (κ3) is 3.95.